The van der Waals surface area contributed by atoms with Gasteiger partial charge in [0, 0.05) is 17.5 Å². The second-order valence-electron chi connectivity index (χ2n) is 6.41. The molecular weight excluding hydrogens is 344 g/mol. The van der Waals surface area contributed by atoms with Crippen molar-refractivity contribution in [1.29, 1.82) is 0 Å². The molecule has 26 heavy (non-hydrogen) atoms. The van der Waals surface area contributed by atoms with Crippen molar-refractivity contribution >= 4 is 17.0 Å². The number of rotatable bonds is 3. The van der Waals surface area contributed by atoms with Crippen molar-refractivity contribution in [3.05, 3.63) is 82.0 Å². The van der Waals surface area contributed by atoms with Crippen LogP contribution in [-0.2, 0) is 0 Å². The van der Waals surface area contributed by atoms with Crippen LogP contribution in [-0.4, -0.2) is 17.8 Å². The van der Waals surface area contributed by atoms with E-state index in [9.17, 15) is 0 Å². The smallest absolute Gasteiger partial charge is 0.214 e. The Balaban J connectivity index is 1.60. The Morgan fingerprint density at radius 1 is 1.12 bits per heavy atom. The Bertz CT molecular complexity index is 968. The first kappa shape index (κ1) is 15.5. The van der Waals surface area contributed by atoms with Crippen LogP contribution in [0.3, 0.4) is 0 Å². The van der Waals surface area contributed by atoms with Gasteiger partial charge in [-0.2, -0.15) is 5.10 Å². The van der Waals surface area contributed by atoms with E-state index in [0.29, 0.717) is 0 Å². The predicted octanol–water partition coefficient (Wildman–Crippen LogP) is 5.00. The van der Waals surface area contributed by atoms with Gasteiger partial charge in [0.15, 0.2) is 0 Å². The van der Waals surface area contributed by atoms with Gasteiger partial charge in [0.1, 0.15) is 11.5 Å². The zero-order valence-corrected chi connectivity index (χ0v) is 15.1. The maximum absolute atomic E-state index is 6.36. The Morgan fingerprint density at radius 2 is 2.04 bits per heavy atom. The van der Waals surface area contributed by atoms with Crippen LogP contribution in [0.15, 0.2) is 71.1 Å². The van der Waals surface area contributed by atoms with E-state index in [1.807, 2.05) is 30.3 Å². The van der Waals surface area contributed by atoms with Crippen molar-refractivity contribution in [2.45, 2.75) is 18.7 Å². The summed E-state index contributed by atoms with van der Waals surface area (Å²) in [6, 6.07) is 20.7. The summed E-state index contributed by atoms with van der Waals surface area (Å²) in [5.74, 6) is 1.76. The average molecular weight is 362 g/mol. The third kappa shape index (κ3) is 2.47. The van der Waals surface area contributed by atoms with E-state index in [-0.39, 0.29) is 12.3 Å². The van der Waals surface area contributed by atoms with Crippen LogP contribution in [0.5, 0.6) is 11.5 Å². The van der Waals surface area contributed by atoms with Gasteiger partial charge in [0.2, 0.25) is 6.23 Å². The molecule has 130 valence electrons. The van der Waals surface area contributed by atoms with E-state index in [1.54, 1.807) is 18.4 Å². The summed E-state index contributed by atoms with van der Waals surface area (Å²) in [7, 11) is 1.68. The lowest BCUT2D eigenvalue weighted by Crippen LogP contribution is -2.33. The molecule has 3 heterocycles. The number of para-hydroxylation sites is 1. The first-order chi connectivity index (χ1) is 12.8. The number of benzene rings is 2. The van der Waals surface area contributed by atoms with Crippen LogP contribution in [0.2, 0.25) is 0 Å². The molecule has 0 fully saturated rings. The van der Waals surface area contributed by atoms with Gasteiger partial charge in [-0.25, -0.2) is 5.01 Å². The lowest BCUT2D eigenvalue weighted by Gasteiger charge is -2.38. The van der Waals surface area contributed by atoms with Crippen LogP contribution in [0, 0.1) is 0 Å². The molecular formula is C21H18N2O2S. The molecule has 0 bridgehead atoms. The van der Waals surface area contributed by atoms with Crippen molar-refractivity contribution in [1.82, 2.24) is 5.01 Å². The summed E-state index contributed by atoms with van der Waals surface area (Å²) >= 11 is 1.73. The lowest BCUT2D eigenvalue weighted by molar-refractivity contribution is -0.0191. The molecule has 0 spiro atoms. The van der Waals surface area contributed by atoms with Gasteiger partial charge in [-0.15, -0.1) is 11.3 Å². The van der Waals surface area contributed by atoms with Gasteiger partial charge in [-0.05, 0) is 29.6 Å². The highest BCUT2D eigenvalue weighted by atomic mass is 32.1. The largest absolute Gasteiger partial charge is 0.497 e. The molecule has 0 radical (unpaired) electrons. The minimum Gasteiger partial charge on any atom is -0.497 e. The zero-order chi connectivity index (χ0) is 17.5. The molecule has 1 aromatic heterocycles. The minimum absolute atomic E-state index is 0.188. The number of fused-ring (bicyclic) bond motifs is 3. The minimum atomic E-state index is -0.262. The molecule has 0 aliphatic carbocycles. The standard InChI is InChI=1S/C21H18N2O2S/c1-24-15-7-4-6-14(12-15)21-23-18(16-8-2-3-9-19(16)25-21)13-17(22-23)20-10-5-11-26-20/h2-12,18,21H,13H2,1H3/t18-,21+/m1/s1. The SMILES string of the molecule is COc1cccc([C@@H]2Oc3ccccc3[C@H]3CC(c4cccs4)=NN32)c1. The molecule has 2 atom stereocenters. The molecule has 3 aromatic rings. The number of nitrogens with zero attached hydrogens (tertiary/aromatic N) is 2. The Labute approximate surface area is 156 Å². The third-order valence-corrected chi connectivity index (χ3v) is 5.80. The molecule has 0 amide bonds. The highest BCUT2D eigenvalue weighted by Gasteiger charge is 2.41. The molecule has 0 saturated heterocycles. The van der Waals surface area contributed by atoms with E-state index < -0.39 is 0 Å². The van der Waals surface area contributed by atoms with Crippen LogP contribution in [0.1, 0.15) is 34.7 Å². The summed E-state index contributed by atoms with van der Waals surface area (Å²) in [5, 5.41) is 9.16. The van der Waals surface area contributed by atoms with Crippen molar-refractivity contribution < 1.29 is 9.47 Å². The Hall–Kier alpha value is -2.79. The van der Waals surface area contributed by atoms with E-state index in [0.717, 1.165) is 29.2 Å². The zero-order valence-electron chi connectivity index (χ0n) is 14.3. The fourth-order valence-electron chi connectivity index (χ4n) is 3.64. The Morgan fingerprint density at radius 3 is 2.88 bits per heavy atom. The number of ether oxygens (including phenoxy) is 2. The second kappa shape index (κ2) is 6.18. The number of hydrogen-bond acceptors (Lipinski definition) is 5. The normalized spacial score (nSPS) is 20.8. The number of hydrogen-bond donors (Lipinski definition) is 0. The van der Waals surface area contributed by atoms with Gasteiger partial charge in [0.05, 0.1) is 23.7 Å². The summed E-state index contributed by atoms with van der Waals surface area (Å²) in [4.78, 5) is 1.22. The van der Waals surface area contributed by atoms with Crippen molar-refractivity contribution in [3.8, 4) is 11.5 Å². The fourth-order valence-corrected chi connectivity index (χ4v) is 4.36. The molecule has 5 rings (SSSR count). The van der Waals surface area contributed by atoms with Gasteiger partial charge in [-0.1, -0.05) is 36.4 Å². The summed E-state index contributed by atoms with van der Waals surface area (Å²) in [5.41, 5.74) is 3.36. The predicted molar refractivity (Wildman–Crippen MR) is 103 cm³/mol. The molecule has 0 N–H and O–H groups in total. The first-order valence-electron chi connectivity index (χ1n) is 8.63. The van der Waals surface area contributed by atoms with Gasteiger partial charge in [-0.3, -0.25) is 0 Å². The maximum Gasteiger partial charge on any atom is 0.214 e. The van der Waals surface area contributed by atoms with Crippen molar-refractivity contribution in [3.63, 3.8) is 0 Å². The van der Waals surface area contributed by atoms with E-state index in [1.165, 1.54) is 10.4 Å². The van der Waals surface area contributed by atoms with E-state index in [4.69, 9.17) is 14.6 Å². The van der Waals surface area contributed by atoms with Gasteiger partial charge >= 0.3 is 0 Å². The average Bonchev–Trinajstić information content (AvgIpc) is 3.37. The van der Waals surface area contributed by atoms with E-state index in [2.05, 4.69) is 40.7 Å². The molecule has 0 unspecified atom stereocenters. The van der Waals surface area contributed by atoms with E-state index >= 15 is 0 Å². The monoisotopic (exact) mass is 362 g/mol. The molecule has 4 nitrogen and oxygen atoms in total. The maximum atomic E-state index is 6.36. The molecule has 0 saturated carbocycles. The quantitative estimate of drug-likeness (QED) is 0.658. The number of methoxy groups -OCH3 is 1. The van der Waals surface area contributed by atoms with Crippen LogP contribution in [0.25, 0.3) is 0 Å². The van der Waals surface area contributed by atoms with Crippen molar-refractivity contribution in [2.75, 3.05) is 7.11 Å². The topological polar surface area (TPSA) is 34.1 Å². The van der Waals surface area contributed by atoms with Crippen LogP contribution >= 0.6 is 11.3 Å². The summed E-state index contributed by atoms with van der Waals surface area (Å²) in [6.45, 7) is 0. The van der Waals surface area contributed by atoms with Crippen LogP contribution < -0.4 is 9.47 Å². The van der Waals surface area contributed by atoms with Gasteiger partial charge < -0.3 is 9.47 Å². The number of thiophene rings is 1. The second-order valence-corrected chi connectivity index (χ2v) is 7.36. The molecule has 5 heteroatoms. The van der Waals surface area contributed by atoms with Crippen LogP contribution in [0.4, 0.5) is 0 Å². The summed E-state index contributed by atoms with van der Waals surface area (Å²) in [6.07, 6.45) is 0.629. The molecule has 2 aliphatic heterocycles. The molecule has 2 aromatic carbocycles. The van der Waals surface area contributed by atoms with Crippen molar-refractivity contribution in [2.24, 2.45) is 5.10 Å². The van der Waals surface area contributed by atoms with Gasteiger partial charge in [0.25, 0.3) is 0 Å². The highest BCUT2D eigenvalue weighted by Crippen LogP contribution is 2.47. The number of hydrazone groups is 1. The fraction of sp³-hybridized carbons (Fsp3) is 0.190. The lowest BCUT2D eigenvalue weighted by atomic mass is 9.98. The summed E-state index contributed by atoms with van der Waals surface area (Å²) < 4.78 is 11.8. The Kier molecular flexibility index (Phi) is 3.68. The third-order valence-electron chi connectivity index (χ3n) is 4.88. The highest BCUT2D eigenvalue weighted by molar-refractivity contribution is 7.12. The first-order valence-corrected chi connectivity index (χ1v) is 9.50. The molecule has 2 aliphatic rings.